The van der Waals surface area contributed by atoms with Crippen LogP contribution in [0.3, 0.4) is 0 Å². The van der Waals surface area contributed by atoms with Crippen LogP contribution in [-0.4, -0.2) is 60.3 Å². The first kappa shape index (κ1) is 21.7. The van der Waals surface area contributed by atoms with E-state index in [0.29, 0.717) is 4.47 Å². The van der Waals surface area contributed by atoms with Gasteiger partial charge in [0.15, 0.2) is 0 Å². The molecule has 1 heterocycles. The van der Waals surface area contributed by atoms with Gasteiger partial charge in [-0.15, -0.1) is 0 Å². The van der Waals surface area contributed by atoms with E-state index >= 15 is 0 Å². The molecular weight excluding hydrogens is 294 g/mol. The molecule has 1 fully saturated rings. The Morgan fingerprint density at radius 2 is 1.53 bits per heavy atom. The minimum absolute atomic E-state index is 0. The van der Waals surface area contributed by atoms with Gasteiger partial charge in [0.1, 0.15) is 0 Å². The zero-order chi connectivity index (χ0) is 9.14. The average Bonchev–Trinajstić information content (AvgIpc) is 2.01. The van der Waals surface area contributed by atoms with E-state index in [0.717, 1.165) is 20.0 Å². The monoisotopic (exact) mass is 310 g/mol. The fourth-order valence-corrected chi connectivity index (χ4v) is 1.62. The molecule has 1 aliphatic rings. The van der Waals surface area contributed by atoms with Crippen LogP contribution in [-0.2, 0) is 20.4 Å². The molecule has 1 unspecified atom stereocenters. The second-order valence-corrected chi connectivity index (χ2v) is 4.26. The van der Waals surface area contributed by atoms with E-state index in [1.165, 1.54) is 0 Å². The number of halogens is 3. The Morgan fingerprint density at radius 1 is 1.00 bits per heavy atom. The van der Waals surface area contributed by atoms with Gasteiger partial charge in [0.2, 0.25) is 0 Å². The number of hydrogen-bond donors (Lipinski definition) is 1. The first-order chi connectivity index (χ1) is 5.61. The first-order valence-electron chi connectivity index (χ1n) is 4.12. The first-order valence-corrected chi connectivity index (χ1v) is 5.02. The van der Waals surface area contributed by atoms with Crippen LogP contribution in [0.2, 0.25) is 0 Å². The fourth-order valence-electron chi connectivity index (χ4n) is 1.35. The Bertz CT molecular complexity index is 154. The molecule has 4 nitrogen and oxygen atoms in total. The fraction of sp³-hybridized carbons (Fsp3) is 1.00. The Morgan fingerprint density at radius 3 is 2.07 bits per heavy atom. The predicted octanol–water partition coefficient (Wildman–Crippen LogP) is -9.90. The maximum absolute atomic E-state index is 3.36. The molecule has 8 heteroatoms. The Hall–Kier alpha value is 1.42. The molecule has 1 saturated heterocycles. The molecule has 0 aromatic heterocycles. The summed E-state index contributed by atoms with van der Waals surface area (Å²) >= 11 is 2.22. The third-order valence-corrected chi connectivity index (χ3v) is 3.42. The number of nitrogens with one attached hydrogen (secondary N) is 1. The van der Waals surface area contributed by atoms with Gasteiger partial charge in [-0.05, 0) is 0 Å². The van der Waals surface area contributed by atoms with Crippen LogP contribution >= 0.6 is 0 Å². The summed E-state index contributed by atoms with van der Waals surface area (Å²) in [5.41, 5.74) is 0. The molecule has 1 N–H and O–H groups in total. The van der Waals surface area contributed by atoms with E-state index in [9.17, 15) is 0 Å². The summed E-state index contributed by atoms with van der Waals surface area (Å²) in [6, 6.07) is 0. The number of nitrogens with zero attached hydrogens (tertiary/aromatic N) is 3. The van der Waals surface area contributed by atoms with Crippen molar-refractivity contribution in [3.05, 3.63) is 0 Å². The standard InChI is InChI=1S/C7H17N4.3ClH.Ti/c1-9-4-8-5-10(2)7-11(3)6-9;;;;/h6,8H,4-5,7H2,1-3H3;3*1H;/q;;;;+3/p-3. The molecule has 1 aliphatic heterocycles. The Kier molecular flexibility index (Phi) is 15.3. The van der Waals surface area contributed by atoms with Gasteiger partial charge < -0.3 is 37.2 Å². The van der Waals surface area contributed by atoms with Crippen molar-refractivity contribution in [3.8, 4) is 0 Å². The van der Waals surface area contributed by atoms with Crippen molar-refractivity contribution in [1.82, 2.24) is 20.0 Å². The van der Waals surface area contributed by atoms with Gasteiger partial charge in [0.25, 0.3) is 0 Å². The van der Waals surface area contributed by atoms with Crippen LogP contribution in [0, 0.1) is 0 Å². The molecule has 0 aromatic carbocycles. The molecule has 15 heavy (non-hydrogen) atoms. The van der Waals surface area contributed by atoms with E-state index in [-0.39, 0.29) is 37.2 Å². The molecule has 0 amide bonds. The van der Waals surface area contributed by atoms with Gasteiger partial charge in [-0.3, -0.25) is 0 Å². The van der Waals surface area contributed by atoms with E-state index in [1.54, 1.807) is 0 Å². The van der Waals surface area contributed by atoms with E-state index in [4.69, 9.17) is 0 Å². The van der Waals surface area contributed by atoms with Gasteiger partial charge in [-0.2, -0.15) is 0 Å². The molecule has 0 spiro atoms. The van der Waals surface area contributed by atoms with E-state index in [2.05, 4.69) is 61.6 Å². The van der Waals surface area contributed by atoms with Gasteiger partial charge in [-0.25, -0.2) is 0 Å². The van der Waals surface area contributed by atoms with Crippen LogP contribution in [0.25, 0.3) is 0 Å². The topological polar surface area (TPSA) is 21.8 Å². The summed E-state index contributed by atoms with van der Waals surface area (Å²) in [7, 11) is 6.42. The summed E-state index contributed by atoms with van der Waals surface area (Å²) in [5.74, 6) is 0. The Balaban J connectivity index is -0.000000480. The van der Waals surface area contributed by atoms with E-state index < -0.39 is 0 Å². The van der Waals surface area contributed by atoms with Crippen molar-refractivity contribution in [2.24, 2.45) is 0 Å². The van der Waals surface area contributed by atoms with Crippen LogP contribution in [0.5, 0.6) is 0 Å². The van der Waals surface area contributed by atoms with Crippen LogP contribution < -0.4 is 42.5 Å². The summed E-state index contributed by atoms with van der Waals surface area (Å²) in [5, 5.41) is 3.36. The second-order valence-electron chi connectivity index (χ2n) is 3.45. The van der Waals surface area contributed by atoms with Gasteiger partial charge in [-0.1, -0.05) is 0 Å². The zero-order valence-corrected chi connectivity index (χ0v) is 13.0. The quantitative estimate of drug-likeness (QED) is 0.449. The maximum Gasteiger partial charge on any atom is -1.00 e. The minimum Gasteiger partial charge on any atom is -1.00 e. The van der Waals surface area contributed by atoms with Crippen LogP contribution in [0.15, 0.2) is 0 Å². The molecule has 90 valence electrons. The molecule has 0 bridgehead atoms. The summed E-state index contributed by atoms with van der Waals surface area (Å²) < 4.78 is 0.500. The van der Waals surface area contributed by atoms with Crippen LogP contribution in [0.4, 0.5) is 0 Å². The van der Waals surface area contributed by atoms with Crippen LogP contribution in [0.1, 0.15) is 0 Å². The van der Waals surface area contributed by atoms with Crippen molar-refractivity contribution in [2.75, 3.05) is 41.1 Å². The SMILES string of the molecule is CN1CNCN(C)[CH]([Ti+3])N(C)C1.[Cl-].[Cl-].[Cl-]. The third kappa shape index (κ3) is 7.37. The molecule has 0 radical (unpaired) electrons. The summed E-state index contributed by atoms with van der Waals surface area (Å²) in [6.07, 6.45) is 0. The minimum atomic E-state index is 0. The molecular formula is C7H17Cl3N4Ti. The molecule has 1 rings (SSSR count). The maximum atomic E-state index is 3.36. The molecule has 0 aromatic rings. The van der Waals surface area contributed by atoms with Crippen molar-refractivity contribution in [2.45, 2.75) is 4.47 Å². The largest absolute Gasteiger partial charge is 1.00 e. The predicted molar refractivity (Wildman–Crippen MR) is 44.8 cm³/mol. The van der Waals surface area contributed by atoms with Gasteiger partial charge in [0, 0.05) is 0 Å². The van der Waals surface area contributed by atoms with Crippen molar-refractivity contribution >= 4 is 0 Å². The molecule has 0 aliphatic carbocycles. The van der Waals surface area contributed by atoms with Crippen molar-refractivity contribution < 1.29 is 57.7 Å². The Labute approximate surface area is 123 Å². The smallest absolute Gasteiger partial charge is 1.00 e. The van der Waals surface area contributed by atoms with Gasteiger partial charge >= 0.3 is 86.1 Å². The summed E-state index contributed by atoms with van der Waals surface area (Å²) in [6.45, 7) is 2.93. The molecule has 0 saturated carbocycles. The average molecular weight is 311 g/mol. The molecule has 1 atom stereocenters. The number of rotatable bonds is 0. The number of hydrogen-bond acceptors (Lipinski definition) is 4. The zero-order valence-electron chi connectivity index (χ0n) is 9.17. The second kappa shape index (κ2) is 10.6. The normalized spacial score (nSPS) is 25.3. The third-order valence-electron chi connectivity index (χ3n) is 2.04. The summed E-state index contributed by atoms with van der Waals surface area (Å²) in [4.78, 5) is 6.90. The van der Waals surface area contributed by atoms with Crippen molar-refractivity contribution in [1.29, 1.82) is 0 Å². The van der Waals surface area contributed by atoms with Crippen molar-refractivity contribution in [3.63, 3.8) is 0 Å². The van der Waals surface area contributed by atoms with E-state index in [1.807, 2.05) is 0 Å². The van der Waals surface area contributed by atoms with Gasteiger partial charge in [0.05, 0.1) is 0 Å².